The first-order valence-corrected chi connectivity index (χ1v) is 6.53. The lowest BCUT2D eigenvalue weighted by atomic mass is 10.2. The maximum atomic E-state index is 11.5. The van der Waals surface area contributed by atoms with Crippen molar-refractivity contribution in [2.45, 2.75) is 27.2 Å². The van der Waals surface area contributed by atoms with Crippen LogP contribution in [-0.4, -0.2) is 18.2 Å². The molecule has 4 nitrogen and oxygen atoms in total. The number of carbonyl (C=O) groups is 1. The summed E-state index contributed by atoms with van der Waals surface area (Å²) in [4.78, 5) is 11.5. The number of ether oxygens (including phenoxy) is 1. The van der Waals surface area contributed by atoms with Crippen molar-refractivity contribution in [3.63, 3.8) is 0 Å². The molecule has 0 saturated carbocycles. The molecule has 0 unspecified atom stereocenters. The molecule has 0 aliphatic carbocycles. The summed E-state index contributed by atoms with van der Waals surface area (Å²) in [6.45, 7) is 5.77. The molecule has 18 heavy (non-hydrogen) atoms. The standard InChI is InChI=1S/C13H17BrN2O2/c1-4-10(3)15-16-13(17)8-18-12-6-5-9(2)7-11(12)14/h5-7H,4,8H2,1-3H3,(H,16,17)/b15-10+. The molecule has 0 saturated heterocycles. The largest absolute Gasteiger partial charge is 0.483 e. The van der Waals surface area contributed by atoms with E-state index in [9.17, 15) is 4.79 Å². The summed E-state index contributed by atoms with van der Waals surface area (Å²) >= 11 is 3.39. The van der Waals surface area contributed by atoms with E-state index in [1.807, 2.05) is 39.0 Å². The fraction of sp³-hybridized carbons (Fsp3) is 0.385. The molecule has 1 aromatic carbocycles. The summed E-state index contributed by atoms with van der Waals surface area (Å²) in [6.07, 6.45) is 0.810. The Hall–Kier alpha value is -1.36. The SMILES string of the molecule is CC/C(C)=N/NC(=O)COc1ccc(C)cc1Br. The molecule has 5 heteroatoms. The van der Waals surface area contributed by atoms with E-state index in [4.69, 9.17) is 4.74 Å². The number of nitrogens with zero attached hydrogens (tertiary/aromatic N) is 1. The Balaban J connectivity index is 2.47. The fourth-order valence-corrected chi connectivity index (χ4v) is 1.74. The van der Waals surface area contributed by atoms with E-state index in [0.29, 0.717) is 5.75 Å². The van der Waals surface area contributed by atoms with Gasteiger partial charge in [-0.3, -0.25) is 4.79 Å². The van der Waals surface area contributed by atoms with Crippen LogP contribution in [0.4, 0.5) is 0 Å². The first kappa shape index (κ1) is 14.7. The number of aryl methyl sites for hydroxylation is 1. The van der Waals surface area contributed by atoms with Gasteiger partial charge in [0.05, 0.1) is 4.47 Å². The van der Waals surface area contributed by atoms with E-state index >= 15 is 0 Å². The summed E-state index contributed by atoms with van der Waals surface area (Å²) in [5.74, 6) is 0.377. The Morgan fingerprint density at radius 3 is 2.83 bits per heavy atom. The first-order valence-electron chi connectivity index (χ1n) is 5.74. The molecule has 98 valence electrons. The highest BCUT2D eigenvalue weighted by molar-refractivity contribution is 9.10. The molecule has 1 aromatic rings. The Labute approximate surface area is 116 Å². The molecule has 0 spiro atoms. The Kier molecular flexibility index (Phi) is 5.85. The third kappa shape index (κ3) is 4.87. The van der Waals surface area contributed by atoms with Crippen molar-refractivity contribution in [3.05, 3.63) is 28.2 Å². The topological polar surface area (TPSA) is 50.7 Å². The van der Waals surface area contributed by atoms with Gasteiger partial charge in [0.25, 0.3) is 5.91 Å². The minimum Gasteiger partial charge on any atom is -0.483 e. The Morgan fingerprint density at radius 1 is 1.50 bits per heavy atom. The Morgan fingerprint density at radius 2 is 2.22 bits per heavy atom. The van der Waals surface area contributed by atoms with Crippen LogP contribution in [0.5, 0.6) is 5.75 Å². The second-order valence-corrected chi connectivity index (χ2v) is 4.81. The summed E-state index contributed by atoms with van der Waals surface area (Å²) in [5, 5.41) is 3.92. The smallest absolute Gasteiger partial charge is 0.277 e. The maximum absolute atomic E-state index is 11.5. The number of rotatable bonds is 5. The van der Waals surface area contributed by atoms with Crippen molar-refractivity contribution in [1.29, 1.82) is 0 Å². The van der Waals surface area contributed by atoms with Crippen LogP contribution in [0, 0.1) is 6.92 Å². The summed E-state index contributed by atoms with van der Waals surface area (Å²) in [5.41, 5.74) is 4.44. The number of hydrogen-bond donors (Lipinski definition) is 1. The van der Waals surface area contributed by atoms with Gasteiger partial charge in [-0.15, -0.1) is 0 Å². The van der Waals surface area contributed by atoms with E-state index in [1.54, 1.807) is 0 Å². The van der Waals surface area contributed by atoms with Crippen LogP contribution < -0.4 is 10.2 Å². The van der Waals surface area contributed by atoms with Crippen LogP contribution in [0.15, 0.2) is 27.8 Å². The maximum Gasteiger partial charge on any atom is 0.277 e. The second kappa shape index (κ2) is 7.16. The summed E-state index contributed by atoms with van der Waals surface area (Å²) in [6, 6.07) is 5.69. The highest BCUT2D eigenvalue weighted by Crippen LogP contribution is 2.25. The third-order valence-electron chi connectivity index (χ3n) is 2.33. The lowest BCUT2D eigenvalue weighted by molar-refractivity contribution is -0.123. The molecule has 0 radical (unpaired) electrons. The monoisotopic (exact) mass is 312 g/mol. The van der Waals surface area contributed by atoms with Crippen LogP contribution in [0.2, 0.25) is 0 Å². The lowest BCUT2D eigenvalue weighted by Crippen LogP contribution is -2.25. The van der Waals surface area contributed by atoms with Crippen molar-refractivity contribution >= 4 is 27.5 Å². The van der Waals surface area contributed by atoms with Crippen LogP contribution in [0.3, 0.4) is 0 Å². The minimum absolute atomic E-state index is 0.0534. The molecular formula is C13H17BrN2O2. The number of hydrogen-bond acceptors (Lipinski definition) is 3. The summed E-state index contributed by atoms with van der Waals surface area (Å²) < 4.78 is 6.23. The summed E-state index contributed by atoms with van der Waals surface area (Å²) in [7, 11) is 0. The van der Waals surface area contributed by atoms with Gasteiger partial charge >= 0.3 is 0 Å². The van der Waals surface area contributed by atoms with E-state index in [1.165, 1.54) is 0 Å². The Bertz CT molecular complexity index is 458. The predicted molar refractivity (Wildman–Crippen MR) is 75.9 cm³/mol. The quantitative estimate of drug-likeness (QED) is 0.671. The highest BCUT2D eigenvalue weighted by atomic mass is 79.9. The number of hydrazone groups is 1. The number of benzene rings is 1. The average Bonchev–Trinajstić information content (AvgIpc) is 2.34. The van der Waals surface area contributed by atoms with E-state index in [-0.39, 0.29) is 12.5 Å². The van der Waals surface area contributed by atoms with Crippen molar-refractivity contribution < 1.29 is 9.53 Å². The average molecular weight is 313 g/mol. The van der Waals surface area contributed by atoms with Gasteiger partial charge in [-0.05, 0) is 53.9 Å². The molecule has 0 aromatic heterocycles. The zero-order valence-electron chi connectivity index (χ0n) is 10.8. The van der Waals surface area contributed by atoms with E-state index < -0.39 is 0 Å². The van der Waals surface area contributed by atoms with Crippen LogP contribution >= 0.6 is 15.9 Å². The molecule has 0 aliphatic rings. The van der Waals surface area contributed by atoms with Gasteiger partial charge in [0, 0.05) is 5.71 Å². The third-order valence-corrected chi connectivity index (χ3v) is 2.95. The minimum atomic E-state index is -0.268. The second-order valence-electron chi connectivity index (χ2n) is 3.96. The molecule has 0 aliphatic heterocycles. The molecule has 1 rings (SSSR count). The molecule has 0 fully saturated rings. The van der Waals surface area contributed by atoms with Crippen LogP contribution in [-0.2, 0) is 4.79 Å². The molecule has 0 heterocycles. The van der Waals surface area contributed by atoms with Crippen molar-refractivity contribution in [3.8, 4) is 5.75 Å². The van der Waals surface area contributed by atoms with Gasteiger partial charge in [-0.1, -0.05) is 13.0 Å². The molecule has 1 N–H and O–H groups in total. The zero-order chi connectivity index (χ0) is 13.5. The molecule has 0 bridgehead atoms. The van der Waals surface area contributed by atoms with Crippen LogP contribution in [0.25, 0.3) is 0 Å². The molecule has 1 amide bonds. The number of carbonyl (C=O) groups excluding carboxylic acids is 1. The normalized spacial score (nSPS) is 11.2. The van der Waals surface area contributed by atoms with Gasteiger partial charge in [0.15, 0.2) is 6.61 Å². The molecule has 0 atom stereocenters. The van der Waals surface area contributed by atoms with Gasteiger partial charge in [0.1, 0.15) is 5.75 Å². The van der Waals surface area contributed by atoms with Crippen molar-refractivity contribution in [2.75, 3.05) is 6.61 Å². The fourth-order valence-electron chi connectivity index (χ4n) is 1.14. The van der Waals surface area contributed by atoms with Gasteiger partial charge in [-0.25, -0.2) is 5.43 Å². The number of amides is 1. The van der Waals surface area contributed by atoms with Gasteiger partial charge < -0.3 is 4.74 Å². The first-order chi connectivity index (χ1) is 8.52. The van der Waals surface area contributed by atoms with Crippen LogP contribution in [0.1, 0.15) is 25.8 Å². The zero-order valence-corrected chi connectivity index (χ0v) is 12.4. The van der Waals surface area contributed by atoms with Gasteiger partial charge in [-0.2, -0.15) is 5.10 Å². The predicted octanol–water partition coefficient (Wildman–Crippen LogP) is 3.04. The van der Waals surface area contributed by atoms with E-state index in [2.05, 4.69) is 26.5 Å². The molecular weight excluding hydrogens is 296 g/mol. The number of halogens is 1. The number of nitrogens with one attached hydrogen (secondary N) is 1. The van der Waals surface area contributed by atoms with Crippen molar-refractivity contribution in [1.82, 2.24) is 5.43 Å². The lowest BCUT2D eigenvalue weighted by Gasteiger charge is -2.07. The highest BCUT2D eigenvalue weighted by Gasteiger charge is 2.05. The van der Waals surface area contributed by atoms with Crippen molar-refractivity contribution in [2.24, 2.45) is 5.10 Å². The van der Waals surface area contributed by atoms with E-state index in [0.717, 1.165) is 22.2 Å². The van der Waals surface area contributed by atoms with Gasteiger partial charge in [0.2, 0.25) is 0 Å².